The van der Waals surface area contributed by atoms with Gasteiger partial charge in [-0.15, -0.1) is 0 Å². The molecule has 21 heavy (non-hydrogen) atoms. The second-order valence-corrected chi connectivity index (χ2v) is 6.57. The lowest BCUT2D eigenvalue weighted by molar-refractivity contribution is -0.146. The molecule has 1 aliphatic heterocycles. The standard InChI is InChI=1S/C13H17FN2O4S/c1-2-20-13(17)11-4-3-7-16(11)21(18,19)12-6-5-9(14)8-10(12)15/h5-6,8,11H,2-4,7,15H2,1H3. The maximum absolute atomic E-state index is 13.1. The van der Waals surface area contributed by atoms with E-state index < -0.39 is 27.9 Å². The number of rotatable bonds is 4. The molecule has 6 nitrogen and oxygen atoms in total. The number of hydrogen-bond acceptors (Lipinski definition) is 5. The Morgan fingerprint density at radius 2 is 2.24 bits per heavy atom. The highest BCUT2D eigenvalue weighted by Crippen LogP contribution is 2.29. The highest BCUT2D eigenvalue weighted by atomic mass is 32.2. The molecule has 0 radical (unpaired) electrons. The Kier molecular flexibility index (Phi) is 4.48. The number of carbonyl (C=O) groups excluding carboxylic acids is 1. The first-order valence-electron chi connectivity index (χ1n) is 6.61. The number of esters is 1. The Labute approximate surface area is 122 Å². The molecule has 1 unspecified atom stereocenters. The summed E-state index contributed by atoms with van der Waals surface area (Å²) < 4.78 is 44.2. The van der Waals surface area contributed by atoms with Gasteiger partial charge >= 0.3 is 5.97 Å². The SMILES string of the molecule is CCOC(=O)C1CCCN1S(=O)(=O)c1ccc(F)cc1N. The lowest BCUT2D eigenvalue weighted by Crippen LogP contribution is -2.41. The molecule has 1 saturated heterocycles. The summed E-state index contributed by atoms with van der Waals surface area (Å²) in [7, 11) is -3.96. The Balaban J connectivity index is 2.36. The van der Waals surface area contributed by atoms with E-state index in [-0.39, 0.29) is 23.7 Å². The minimum absolute atomic E-state index is 0.176. The summed E-state index contributed by atoms with van der Waals surface area (Å²) >= 11 is 0. The summed E-state index contributed by atoms with van der Waals surface area (Å²) in [5.41, 5.74) is 5.42. The van der Waals surface area contributed by atoms with Gasteiger partial charge in [-0.3, -0.25) is 4.79 Å². The number of carbonyl (C=O) groups is 1. The minimum Gasteiger partial charge on any atom is -0.465 e. The molecule has 1 aromatic rings. The molecule has 116 valence electrons. The van der Waals surface area contributed by atoms with E-state index in [9.17, 15) is 17.6 Å². The monoisotopic (exact) mass is 316 g/mol. The maximum Gasteiger partial charge on any atom is 0.324 e. The van der Waals surface area contributed by atoms with Crippen molar-refractivity contribution in [3.05, 3.63) is 24.0 Å². The fourth-order valence-electron chi connectivity index (χ4n) is 2.38. The molecule has 1 aliphatic rings. The van der Waals surface area contributed by atoms with Gasteiger partial charge in [-0.2, -0.15) is 4.31 Å². The van der Waals surface area contributed by atoms with Crippen LogP contribution in [-0.4, -0.2) is 37.9 Å². The molecular weight excluding hydrogens is 299 g/mol. The van der Waals surface area contributed by atoms with Gasteiger partial charge in [0.25, 0.3) is 0 Å². The van der Waals surface area contributed by atoms with Gasteiger partial charge in [-0.25, -0.2) is 12.8 Å². The number of halogens is 1. The Hall–Kier alpha value is -1.67. The molecule has 8 heteroatoms. The number of hydrogen-bond donors (Lipinski definition) is 1. The third-order valence-corrected chi connectivity index (χ3v) is 5.30. The number of nitrogen functional groups attached to an aromatic ring is 1. The van der Waals surface area contributed by atoms with Gasteiger partial charge in [-0.1, -0.05) is 0 Å². The first-order chi connectivity index (χ1) is 9.87. The van der Waals surface area contributed by atoms with E-state index in [1.807, 2.05) is 0 Å². The third-order valence-electron chi connectivity index (χ3n) is 3.32. The molecule has 0 bridgehead atoms. The highest BCUT2D eigenvalue weighted by Gasteiger charge is 2.40. The van der Waals surface area contributed by atoms with Crippen LogP contribution in [-0.2, 0) is 19.6 Å². The molecule has 0 aliphatic carbocycles. The van der Waals surface area contributed by atoms with Gasteiger partial charge in [0.05, 0.1) is 12.3 Å². The second-order valence-electron chi connectivity index (χ2n) is 4.71. The van der Waals surface area contributed by atoms with Crippen LogP contribution in [0.15, 0.2) is 23.1 Å². The van der Waals surface area contributed by atoms with Crippen molar-refractivity contribution >= 4 is 21.7 Å². The summed E-state index contributed by atoms with van der Waals surface area (Å²) in [5, 5.41) is 0. The summed E-state index contributed by atoms with van der Waals surface area (Å²) in [4.78, 5) is 11.7. The van der Waals surface area contributed by atoms with Crippen molar-refractivity contribution in [1.29, 1.82) is 0 Å². The van der Waals surface area contributed by atoms with Crippen molar-refractivity contribution < 1.29 is 22.3 Å². The average Bonchev–Trinajstić information content (AvgIpc) is 2.88. The van der Waals surface area contributed by atoms with Crippen molar-refractivity contribution in [3.63, 3.8) is 0 Å². The molecule has 0 amide bonds. The van der Waals surface area contributed by atoms with E-state index in [2.05, 4.69) is 0 Å². The molecule has 1 atom stereocenters. The number of anilines is 1. The number of benzene rings is 1. The van der Waals surface area contributed by atoms with Crippen LogP contribution in [0, 0.1) is 5.82 Å². The van der Waals surface area contributed by atoms with Gasteiger partial charge in [-0.05, 0) is 38.0 Å². The Bertz CT molecular complexity index is 648. The number of sulfonamides is 1. The largest absolute Gasteiger partial charge is 0.465 e. The van der Waals surface area contributed by atoms with Crippen molar-refractivity contribution in [2.45, 2.75) is 30.7 Å². The van der Waals surface area contributed by atoms with Crippen LogP contribution < -0.4 is 5.73 Å². The molecule has 2 N–H and O–H groups in total. The lowest BCUT2D eigenvalue weighted by atomic mass is 10.2. The molecule has 1 aromatic carbocycles. The number of nitrogens with zero attached hydrogens (tertiary/aromatic N) is 1. The molecule has 0 spiro atoms. The van der Waals surface area contributed by atoms with Crippen molar-refractivity contribution in [1.82, 2.24) is 4.31 Å². The van der Waals surface area contributed by atoms with Crippen LogP contribution in [0.2, 0.25) is 0 Å². The molecule has 0 saturated carbocycles. The molecule has 0 aromatic heterocycles. The van der Waals surface area contributed by atoms with Crippen molar-refractivity contribution in [2.24, 2.45) is 0 Å². The van der Waals surface area contributed by atoms with E-state index in [0.717, 1.165) is 22.5 Å². The summed E-state index contributed by atoms with van der Waals surface area (Å²) in [5.74, 6) is -1.19. The summed E-state index contributed by atoms with van der Waals surface area (Å²) in [6, 6.07) is 2.24. The maximum atomic E-state index is 13.1. The van der Waals surface area contributed by atoms with Crippen LogP contribution in [0.1, 0.15) is 19.8 Å². The molecule has 1 heterocycles. The zero-order valence-electron chi connectivity index (χ0n) is 11.6. The van der Waals surface area contributed by atoms with Gasteiger partial charge in [0.15, 0.2) is 0 Å². The van der Waals surface area contributed by atoms with Crippen LogP contribution in [0.5, 0.6) is 0 Å². The topological polar surface area (TPSA) is 89.7 Å². The van der Waals surface area contributed by atoms with Crippen LogP contribution in [0.3, 0.4) is 0 Å². The normalized spacial score (nSPS) is 19.6. The van der Waals surface area contributed by atoms with Crippen LogP contribution in [0.4, 0.5) is 10.1 Å². The van der Waals surface area contributed by atoms with Gasteiger partial charge in [0, 0.05) is 6.54 Å². The first kappa shape index (κ1) is 15.7. The van der Waals surface area contributed by atoms with E-state index in [4.69, 9.17) is 10.5 Å². The van der Waals surface area contributed by atoms with Crippen LogP contribution in [0.25, 0.3) is 0 Å². The van der Waals surface area contributed by atoms with E-state index in [1.54, 1.807) is 6.92 Å². The van der Waals surface area contributed by atoms with Crippen molar-refractivity contribution in [2.75, 3.05) is 18.9 Å². The van der Waals surface area contributed by atoms with E-state index in [0.29, 0.717) is 12.8 Å². The number of nitrogens with two attached hydrogens (primary N) is 1. The van der Waals surface area contributed by atoms with E-state index >= 15 is 0 Å². The minimum atomic E-state index is -3.96. The summed E-state index contributed by atoms with van der Waals surface area (Å²) in [6.45, 7) is 2.05. The Morgan fingerprint density at radius 1 is 1.52 bits per heavy atom. The van der Waals surface area contributed by atoms with Gasteiger partial charge < -0.3 is 10.5 Å². The highest BCUT2D eigenvalue weighted by molar-refractivity contribution is 7.89. The van der Waals surface area contributed by atoms with Gasteiger partial charge in [0.2, 0.25) is 10.0 Å². The van der Waals surface area contributed by atoms with Crippen LogP contribution >= 0.6 is 0 Å². The fourth-order valence-corrected chi connectivity index (χ4v) is 4.13. The second kappa shape index (κ2) is 5.98. The third kappa shape index (κ3) is 3.01. The first-order valence-corrected chi connectivity index (χ1v) is 8.05. The van der Waals surface area contributed by atoms with E-state index in [1.165, 1.54) is 0 Å². The predicted molar refractivity (Wildman–Crippen MR) is 74.4 cm³/mol. The quantitative estimate of drug-likeness (QED) is 0.664. The lowest BCUT2D eigenvalue weighted by Gasteiger charge is -2.23. The zero-order chi connectivity index (χ0) is 15.6. The van der Waals surface area contributed by atoms with Gasteiger partial charge in [0.1, 0.15) is 16.8 Å². The molecule has 2 rings (SSSR count). The molecular formula is C13H17FN2O4S. The Morgan fingerprint density at radius 3 is 2.86 bits per heavy atom. The zero-order valence-corrected chi connectivity index (χ0v) is 12.4. The smallest absolute Gasteiger partial charge is 0.324 e. The summed E-state index contributed by atoms with van der Waals surface area (Å²) in [6.07, 6.45) is 0.961. The van der Waals surface area contributed by atoms with Crippen molar-refractivity contribution in [3.8, 4) is 0 Å². The fraction of sp³-hybridized carbons (Fsp3) is 0.462. The predicted octanol–water partition coefficient (Wildman–Crippen LogP) is 1.12. The average molecular weight is 316 g/mol. The molecule has 1 fully saturated rings. The number of ether oxygens (including phenoxy) is 1.